The summed E-state index contributed by atoms with van der Waals surface area (Å²) in [6.45, 7) is 2.49. The Morgan fingerprint density at radius 1 is 0.833 bits per heavy atom. The van der Waals surface area contributed by atoms with Gasteiger partial charge in [0.05, 0.1) is 6.61 Å². The summed E-state index contributed by atoms with van der Waals surface area (Å²) in [7, 11) is 0. The maximum atomic E-state index is 13.3. The zero-order valence-electron chi connectivity index (χ0n) is 26.5. The molecule has 0 amide bonds. The van der Waals surface area contributed by atoms with Crippen molar-refractivity contribution in [1.82, 2.24) is 4.98 Å². The number of carboxylic acid groups (broad SMARTS) is 1. The highest BCUT2D eigenvalue weighted by Gasteiger charge is 2.21. The van der Waals surface area contributed by atoms with Gasteiger partial charge < -0.3 is 24.9 Å². The molecule has 244 valence electrons. The lowest BCUT2D eigenvalue weighted by atomic mass is 10.00. The number of aromatic nitrogens is 1. The number of ether oxygens (including phenoxy) is 2. The van der Waals surface area contributed by atoms with Crippen molar-refractivity contribution in [3.63, 3.8) is 0 Å². The van der Waals surface area contributed by atoms with Gasteiger partial charge in [-0.2, -0.15) is 0 Å². The van der Waals surface area contributed by atoms with Crippen LogP contribution in [0.3, 0.4) is 0 Å². The molecule has 1 fully saturated rings. The first-order valence-electron chi connectivity index (χ1n) is 16.1. The molecule has 7 nitrogen and oxygen atoms in total. The first kappa shape index (κ1) is 32.5. The van der Waals surface area contributed by atoms with Gasteiger partial charge in [0.1, 0.15) is 17.6 Å². The molecule has 5 aromatic carbocycles. The normalized spacial score (nSPS) is 13.1. The third-order valence-electron chi connectivity index (χ3n) is 8.36. The van der Waals surface area contributed by atoms with Gasteiger partial charge in [-0.15, -0.1) is 0 Å². The molecule has 0 radical (unpaired) electrons. The SMILES string of the molecule is C1CCOC1.O=C(c1ccc(F)cc1)c1ccccc1NC(Cc1ccc(OCCc2cccc3c2[nH]c2ccccc23)cc1)C(=O)O. The molecule has 0 saturated carbocycles. The molecular formula is C40H37FN2O5. The smallest absolute Gasteiger partial charge is 0.326 e. The van der Waals surface area contributed by atoms with E-state index in [0.29, 0.717) is 29.2 Å². The van der Waals surface area contributed by atoms with Crippen LogP contribution in [-0.2, 0) is 22.4 Å². The average molecular weight is 645 g/mol. The quantitative estimate of drug-likeness (QED) is 0.123. The number of halogens is 1. The monoisotopic (exact) mass is 644 g/mol. The second-order valence-electron chi connectivity index (χ2n) is 11.7. The Kier molecular flexibility index (Phi) is 10.4. The van der Waals surface area contributed by atoms with Crippen LogP contribution in [0.5, 0.6) is 5.75 Å². The number of carboxylic acids is 1. The maximum absolute atomic E-state index is 13.3. The molecule has 8 heteroatoms. The molecule has 48 heavy (non-hydrogen) atoms. The predicted molar refractivity (Wildman–Crippen MR) is 187 cm³/mol. The third-order valence-corrected chi connectivity index (χ3v) is 8.36. The number of ketones is 1. The van der Waals surface area contributed by atoms with E-state index in [4.69, 9.17) is 9.47 Å². The van der Waals surface area contributed by atoms with Crippen molar-refractivity contribution in [3.05, 3.63) is 143 Å². The highest BCUT2D eigenvalue weighted by Crippen LogP contribution is 2.28. The van der Waals surface area contributed by atoms with Crippen LogP contribution >= 0.6 is 0 Å². The maximum Gasteiger partial charge on any atom is 0.326 e. The molecule has 0 aliphatic carbocycles. The fraction of sp³-hybridized carbons (Fsp3) is 0.200. The van der Waals surface area contributed by atoms with Gasteiger partial charge in [-0.05, 0) is 78.6 Å². The van der Waals surface area contributed by atoms with Crippen LogP contribution < -0.4 is 10.1 Å². The van der Waals surface area contributed by atoms with E-state index < -0.39 is 17.8 Å². The first-order valence-corrected chi connectivity index (χ1v) is 16.1. The summed E-state index contributed by atoms with van der Waals surface area (Å²) in [5.41, 5.74) is 5.24. The highest BCUT2D eigenvalue weighted by atomic mass is 19.1. The van der Waals surface area contributed by atoms with Gasteiger partial charge >= 0.3 is 5.97 Å². The number of rotatable bonds is 11. The Hall–Kier alpha value is -5.47. The molecule has 1 aliphatic rings. The summed E-state index contributed by atoms with van der Waals surface area (Å²) in [5.74, 6) is -1.11. The molecular weight excluding hydrogens is 607 g/mol. The first-order chi connectivity index (χ1) is 23.5. The van der Waals surface area contributed by atoms with E-state index in [2.05, 4.69) is 40.6 Å². The number of fused-ring (bicyclic) bond motifs is 3. The summed E-state index contributed by atoms with van der Waals surface area (Å²) in [4.78, 5) is 28.8. The van der Waals surface area contributed by atoms with Crippen LogP contribution in [0.1, 0.15) is 39.9 Å². The molecule has 1 atom stereocenters. The standard InChI is InChI=1S/C36H29FN2O4.C4H8O/c37-26-16-14-25(15-17-26)35(40)30-8-2-4-11-32(30)38-33(36(41)42)22-23-12-18-27(19-13-23)43-21-20-24-6-5-9-29-28-7-1-3-10-31(28)39-34(24)29;1-2-4-5-3-1/h1-19,33,38-39H,20-22H2,(H,41,42);1-4H2. The lowest BCUT2D eigenvalue weighted by Crippen LogP contribution is -2.32. The molecule has 2 heterocycles. The predicted octanol–water partition coefficient (Wildman–Crippen LogP) is 8.22. The van der Waals surface area contributed by atoms with E-state index in [-0.39, 0.29) is 12.2 Å². The van der Waals surface area contributed by atoms with Crippen molar-refractivity contribution in [2.24, 2.45) is 0 Å². The van der Waals surface area contributed by atoms with Crippen molar-refractivity contribution in [2.45, 2.75) is 31.7 Å². The minimum absolute atomic E-state index is 0.192. The summed E-state index contributed by atoms with van der Waals surface area (Å²) in [6, 6.07) is 32.9. The molecule has 0 bridgehead atoms. The van der Waals surface area contributed by atoms with E-state index in [0.717, 1.165) is 36.2 Å². The second kappa shape index (κ2) is 15.4. The fourth-order valence-electron chi connectivity index (χ4n) is 5.84. The highest BCUT2D eigenvalue weighted by molar-refractivity contribution is 6.12. The second-order valence-corrected chi connectivity index (χ2v) is 11.7. The molecule has 7 rings (SSSR count). The minimum Gasteiger partial charge on any atom is -0.493 e. The Labute approximate surface area is 278 Å². The third kappa shape index (κ3) is 7.90. The van der Waals surface area contributed by atoms with Crippen LogP contribution in [0.4, 0.5) is 10.1 Å². The van der Waals surface area contributed by atoms with Gasteiger partial charge in [0.25, 0.3) is 0 Å². The summed E-state index contributed by atoms with van der Waals surface area (Å²) in [5, 5.41) is 15.4. The van der Waals surface area contributed by atoms with E-state index in [1.807, 2.05) is 36.4 Å². The molecule has 6 aromatic rings. The van der Waals surface area contributed by atoms with Gasteiger partial charge in [-0.1, -0.05) is 60.7 Å². The number of para-hydroxylation sites is 3. The Balaban J connectivity index is 0.000000736. The molecule has 0 spiro atoms. The van der Waals surface area contributed by atoms with Gasteiger partial charge in [-0.3, -0.25) is 4.79 Å². The Morgan fingerprint density at radius 2 is 1.54 bits per heavy atom. The number of carbonyl (C=O) groups excluding carboxylic acids is 1. The summed E-state index contributed by atoms with van der Waals surface area (Å²) >= 11 is 0. The van der Waals surface area contributed by atoms with Crippen LogP contribution in [0.2, 0.25) is 0 Å². The topological polar surface area (TPSA) is 101 Å². The largest absolute Gasteiger partial charge is 0.493 e. The van der Waals surface area contributed by atoms with Crippen molar-refractivity contribution in [3.8, 4) is 5.75 Å². The lowest BCUT2D eigenvalue weighted by molar-refractivity contribution is -0.137. The number of hydrogen-bond donors (Lipinski definition) is 3. The summed E-state index contributed by atoms with van der Waals surface area (Å²) < 4.78 is 24.3. The Morgan fingerprint density at radius 3 is 2.27 bits per heavy atom. The number of H-pyrrole nitrogens is 1. The van der Waals surface area contributed by atoms with E-state index in [1.54, 1.807) is 24.3 Å². The molecule has 1 aliphatic heterocycles. The van der Waals surface area contributed by atoms with Gasteiger partial charge in [-0.25, -0.2) is 9.18 Å². The Bertz CT molecular complexity index is 1990. The number of aromatic amines is 1. The molecule has 1 aromatic heterocycles. The molecule has 1 saturated heterocycles. The molecule has 1 unspecified atom stereocenters. The zero-order chi connectivity index (χ0) is 33.3. The number of anilines is 1. The van der Waals surface area contributed by atoms with E-state index >= 15 is 0 Å². The average Bonchev–Trinajstić information content (AvgIpc) is 3.82. The van der Waals surface area contributed by atoms with Crippen molar-refractivity contribution in [2.75, 3.05) is 25.1 Å². The summed E-state index contributed by atoms with van der Waals surface area (Å²) in [6.07, 6.45) is 3.48. The number of hydrogen-bond acceptors (Lipinski definition) is 5. The zero-order valence-corrected chi connectivity index (χ0v) is 26.5. The van der Waals surface area contributed by atoms with E-state index in [1.165, 1.54) is 53.4 Å². The van der Waals surface area contributed by atoms with Gasteiger partial charge in [0.2, 0.25) is 0 Å². The minimum atomic E-state index is -1.05. The fourth-order valence-corrected chi connectivity index (χ4v) is 5.84. The van der Waals surface area contributed by atoms with Crippen LogP contribution in [0, 0.1) is 5.82 Å². The van der Waals surface area contributed by atoms with Crippen LogP contribution in [0.15, 0.2) is 115 Å². The number of nitrogens with one attached hydrogen (secondary N) is 2. The number of carbonyl (C=O) groups is 2. The van der Waals surface area contributed by atoms with Crippen molar-refractivity contribution >= 4 is 39.2 Å². The van der Waals surface area contributed by atoms with Crippen molar-refractivity contribution < 1.29 is 28.6 Å². The van der Waals surface area contributed by atoms with Crippen LogP contribution in [-0.4, -0.2) is 47.7 Å². The number of aliphatic carboxylic acids is 1. The van der Waals surface area contributed by atoms with Gasteiger partial charge in [0, 0.05) is 64.7 Å². The molecule has 3 N–H and O–H groups in total. The van der Waals surface area contributed by atoms with Crippen LogP contribution in [0.25, 0.3) is 21.8 Å². The number of benzene rings is 5. The van der Waals surface area contributed by atoms with Gasteiger partial charge in [0.15, 0.2) is 5.78 Å². The van der Waals surface area contributed by atoms with E-state index in [9.17, 15) is 19.1 Å². The van der Waals surface area contributed by atoms with Crippen molar-refractivity contribution in [1.29, 1.82) is 0 Å². The lowest BCUT2D eigenvalue weighted by Gasteiger charge is -2.18.